The fraction of sp³-hybridized carbons (Fsp3) is 0.375. The van der Waals surface area contributed by atoms with Crippen molar-refractivity contribution in [2.45, 2.75) is 26.3 Å². The second-order valence-corrected chi connectivity index (χ2v) is 4.69. The molecule has 0 aliphatic carbocycles. The average molecular weight is 271 g/mol. The summed E-state index contributed by atoms with van der Waals surface area (Å²) in [4.78, 5) is 8.68. The maximum atomic E-state index is 5.33. The third-order valence-electron chi connectivity index (χ3n) is 3.35. The Morgan fingerprint density at radius 3 is 2.65 bits per heavy atom. The molecule has 20 heavy (non-hydrogen) atoms. The van der Waals surface area contributed by atoms with Crippen LogP contribution in [0, 0.1) is 6.92 Å². The van der Waals surface area contributed by atoms with Gasteiger partial charge in [0, 0.05) is 12.4 Å². The molecule has 2 aromatic rings. The number of nitrogens with one attached hydrogen (secondary N) is 1. The average Bonchev–Trinajstić information content (AvgIpc) is 2.49. The fourth-order valence-corrected chi connectivity index (χ4v) is 2.30. The lowest BCUT2D eigenvalue weighted by molar-refractivity contribution is 0.377. The summed E-state index contributed by atoms with van der Waals surface area (Å²) in [5, 5.41) is 3.47. The molecule has 0 saturated heterocycles. The zero-order chi connectivity index (χ0) is 14.4. The van der Waals surface area contributed by atoms with Crippen LogP contribution in [0.4, 0.5) is 0 Å². The summed E-state index contributed by atoms with van der Waals surface area (Å²) in [6.07, 6.45) is 4.23. The van der Waals surface area contributed by atoms with Crippen LogP contribution in [0.25, 0.3) is 0 Å². The number of aryl methyl sites for hydroxylation is 1. The molecule has 1 aromatic heterocycles. The van der Waals surface area contributed by atoms with Crippen LogP contribution >= 0.6 is 0 Å². The van der Waals surface area contributed by atoms with Crippen LogP contribution in [0.1, 0.15) is 29.8 Å². The molecule has 0 fully saturated rings. The first-order valence-electron chi connectivity index (χ1n) is 6.89. The summed E-state index contributed by atoms with van der Waals surface area (Å²) in [6, 6.07) is 8.52. The topological polar surface area (TPSA) is 47.0 Å². The van der Waals surface area contributed by atoms with Crippen molar-refractivity contribution in [1.82, 2.24) is 15.3 Å². The predicted octanol–water partition coefficient (Wildman–Crippen LogP) is 2.69. The van der Waals surface area contributed by atoms with Gasteiger partial charge in [-0.15, -0.1) is 0 Å². The Bertz CT molecular complexity index is 557. The SMILES string of the molecule is CCNC(Cc1ccccc1C)c1nccnc1OC. The van der Waals surface area contributed by atoms with Gasteiger partial charge in [-0.25, -0.2) is 4.98 Å². The molecule has 4 nitrogen and oxygen atoms in total. The molecule has 1 unspecified atom stereocenters. The van der Waals surface area contributed by atoms with E-state index >= 15 is 0 Å². The standard InChI is InChI=1S/C16H21N3O/c1-4-17-14(11-13-8-6-5-7-12(13)2)15-16(20-3)19-10-9-18-15/h5-10,14,17H,4,11H2,1-3H3. The molecule has 1 N–H and O–H groups in total. The van der Waals surface area contributed by atoms with Crippen LogP contribution in [0.5, 0.6) is 5.88 Å². The van der Waals surface area contributed by atoms with Gasteiger partial charge in [-0.05, 0) is 31.0 Å². The Kier molecular flexibility index (Phi) is 5.07. The lowest BCUT2D eigenvalue weighted by Gasteiger charge is -2.19. The number of rotatable bonds is 6. The molecule has 2 rings (SSSR count). The summed E-state index contributed by atoms with van der Waals surface area (Å²) in [6.45, 7) is 5.09. The molecular weight excluding hydrogens is 250 g/mol. The van der Waals surface area contributed by atoms with E-state index < -0.39 is 0 Å². The van der Waals surface area contributed by atoms with Crippen molar-refractivity contribution in [3.8, 4) is 5.88 Å². The minimum absolute atomic E-state index is 0.102. The Balaban J connectivity index is 2.29. The van der Waals surface area contributed by atoms with Crippen molar-refractivity contribution in [2.75, 3.05) is 13.7 Å². The van der Waals surface area contributed by atoms with Crippen molar-refractivity contribution >= 4 is 0 Å². The first-order chi connectivity index (χ1) is 9.76. The molecule has 0 amide bonds. The second kappa shape index (κ2) is 7.01. The molecule has 0 saturated carbocycles. The number of nitrogens with zero attached hydrogens (tertiary/aromatic N) is 2. The number of aromatic nitrogens is 2. The van der Waals surface area contributed by atoms with Gasteiger partial charge >= 0.3 is 0 Å². The van der Waals surface area contributed by atoms with E-state index in [1.807, 2.05) is 0 Å². The lowest BCUT2D eigenvalue weighted by atomic mass is 9.99. The van der Waals surface area contributed by atoms with Crippen molar-refractivity contribution < 1.29 is 4.74 Å². The zero-order valence-corrected chi connectivity index (χ0v) is 12.3. The maximum absolute atomic E-state index is 5.33. The normalized spacial score (nSPS) is 12.2. The monoisotopic (exact) mass is 271 g/mol. The summed E-state index contributed by atoms with van der Waals surface area (Å²) >= 11 is 0. The number of methoxy groups -OCH3 is 1. The second-order valence-electron chi connectivity index (χ2n) is 4.69. The van der Waals surface area contributed by atoms with Gasteiger partial charge in [0.05, 0.1) is 13.2 Å². The van der Waals surface area contributed by atoms with E-state index in [1.54, 1.807) is 19.5 Å². The lowest BCUT2D eigenvalue weighted by Crippen LogP contribution is -2.25. The van der Waals surface area contributed by atoms with Crippen LogP contribution in [-0.4, -0.2) is 23.6 Å². The maximum Gasteiger partial charge on any atom is 0.237 e. The largest absolute Gasteiger partial charge is 0.480 e. The Morgan fingerprint density at radius 2 is 1.95 bits per heavy atom. The van der Waals surface area contributed by atoms with E-state index in [0.717, 1.165) is 18.7 Å². The van der Waals surface area contributed by atoms with Crippen LogP contribution in [0.15, 0.2) is 36.7 Å². The van der Waals surface area contributed by atoms with Crippen molar-refractivity contribution in [3.05, 3.63) is 53.5 Å². The molecule has 1 heterocycles. The highest BCUT2D eigenvalue weighted by Crippen LogP contribution is 2.24. The minimum Gasteiger partial charge on any atom is -0.480 e. The molecular formula is C16H21N3O. The van der Waals surface area contributed by atoms with Gasteiger partial charge in [0.25, 0.3) is 0 Å². The van der Waals surface area contributed by atoms with Gasteiger partial charge in [-0.3, -0.25) is 4.98 Å². The van der Waals surface area contributed by atoms with Gasteiger partial charge in [-0.1, -0.05) is 31.2 Å². The first kappa shape index (κ1) is 14.5. The van der Waals surface area contributed by atoms with Crippen molar-refractivity contribution in [3.63, 3.8) is 0 Å². The molecule has 0 aliphatic rings. The summed E-state index contributed by atoms with van der Waals surface area (Å²) in [5.74, 6) is 0.590. The number of hydrogen-bond acceptors (Lipinski definition) is 4. The molecule has 1 aromatic carbocycles. The highest BCUT2D eigenvalue weighted by molar-refractivity contribution is 5.29. The van der Waals surface area contributed by atoms with Crippen LogP contribution in [-0.2, 0) is 6.42 Å². The number of likely N-dealkylation sites (N-methyl/N-ethyl adjacent to an activating group) is 1. The van der Waals surface area contributed by atoms with E-state index in [2.05, 4.69) is 53.4 Å². The van der Waals surface area contributed by atoms with Crippen LogP contribution in [0.3, 0.4) is 0 Å². The summed E-state index contributed by atoms with van der Waals surface area (Å²) in [7, 11) is 1.63. The van der Waals surface area contributed by atoms with Crippen LogP contribution in [0.2, 0.25) is 0 Å². The highest BCUT2D eigenvalue weighted by atomic mass is 16.5. The van der Waals surface area contributed by atoms with Gasteiger partial charge in [0.2, 0.25) is 5.88 Å². The smallest absolute Gasteiger partial charge is 0.237 e. The van der Waals surface area contributed by atoms with Gasteiger partial charge in [0.15, 0.2) is 0 Å². The van der Waals surface area contributed by atoms with Crippen molar-refractivity contribution in [1.29, 1.82) is 0 Å². The molecule has 0 spiro atoms. The third-order valence-corrected chi connectivity index (χ3v) is 3.35. The predicted molar refractivity (Wildman–Crippen MR) is 79.9 cm³/mol. The first-order valence-corrected chi connectivity index (χ1v) is 6.89. The molecule has 0 bridgehead atoms. The van der Waals surface area contributed by atoms with Gasteiger partial charge in [0.1, 0.15) is 5.69 Å². The van der Waals surface area contributed by atoms with E-state index in [1.165, 1.54) is 11.1 Å². The Morgan fingerprint density at radius 1 is 1.20 bits per heavy atom. The molecule has 0 radical (unpaired) electrons. The third kappa shape index (κ3) is 3.33. The Labute approximate surface area is 120 Å². The zero-order valence-electron chi connectivity index (χ0n) is 12.3. The highest BCUT2D eigenvalue weighted by Gasteiger charge is 2.18. The summed E-state index contributed by atoms with van der Waals surface area (Å²) in [5.41, 5.74) is 3.46. The molecule has 0 aliphatic heterocycles. The summed E-state index contributed by atoms with van der Waals surface area (Å²) < 4.78 is 5.33. The van der Waals surface area contributed by atoms with Crippen LogP contribution < -0.4 is 10.1 Å². The van der Waals surface area contributed by atoms with Gasteiger partial charge < -0.3 is 10.1 Å². The Hall–Kier alpha value is -1.94. The quantitative estimate of drug-likeness (QED) is 0.877. The van der Waals surface area contributed by atoms with E-state index in [-0.39, 0.29) is 6.04 Å². The van der Waals surface area contributed by atoms with E-state index in [4.69, 9.17) is 4.74 Å². The fourth-order valence-electron chi connectivity index (χ4n) is 2.30. The van der Waals surface area contributed by atoms with E-state index in [0.29, 0.717) is 5.88 Å². The van der Waals surface area contributed by atoms with E-state index in [9.17, 15) is 0 Å². The van der Waals surface area contributed by atoms with Crippen molar-refractivity contribution in [2.24, 2.45) is 0 Å². The number of benzene rings is 1. The number of hydrogen-bond donors (Lipinski definition) is 1. The number of ether oxygens (including phenoxy) is 1. The molecule has 4 heteroatoms. The minimum atomic E-state index is 0.102. The molecule has 106 valence electrons. The molecule has 1 atom stereocenters. The van der Waals surface area contributed by atoms with Gasteiger partial charge in [-0.2, -0.15) is 0 Å².